The summed E-state index contributed by atoms with van der Waals surface area (Å²) in [7, 11) is 1.51. The van der Waals surface area contributed by atoms with Crippen molar-refractivity contribution >= 4 is 39.1 Å². The first-order chi connectivity index (χ1) is 16.1. The van der Waals surface area contributed by atoms with Crippen LogP contribution in [-0.2, 0) is 15.0 Å². The average molecular weight is 520 g/mol. The molecule has 174 valence electrons. The highest BCUT2D eigenvalue weighted by Crippen LogP contribution is 2.44. The van der Waals surface area contributed by atoms with Gasteiger partial charge in [0.05, 0.1) is 24.3 Å². The second kappa shape index (κ2) is 9.11. The van der Waals surface area contributed by atoms with Crippen LogP contribution >= 0.6 is 15.9 Å². The number of anilines is 1. The van der Waals surface area contributed by atoms with Crippen LogP contribution in [0.3, 0.4) is 0 Å². The summed E-state index contributed by atoms with van der Waals surface area (Å²) >= 11 is 3.45. The number of carbonyl (C=O) groups excluding carboxylic acids is 2. The Labute approximate surface area is 207 Å². The molecule has 1 N–H and O–H groups in total. The van der Waals surface area contributed by atoms with Gasteiger partial charge in [-0.15, -0.1) is 0 Å². The first-order valence-corrected chi connectivity index (χ1v) is 11.7. The number of nitrogens with zero attached hydrogens (tertiary/aromatic N) is 1. The van der Waals surface area contributed by atoms with Crippen LogP contribution in [0.5, 0.6) is 5.75 Å². The zero-order chi connectivity index (χ0) is 24.6. The van der Waals surface area contributed by atoms with Gasteiger partial charge in [0.15, 0.2) is 0 Å². The minimum absolute atomic E-state index is 0.0283. The fourth-order valence-electron chi connectivity index (χ4n) is 4.18. The van der Waals surface area contributed by atoms with Gasteiger partial charge >= 0.3 is 0 Å². The Morgan fingerprint density at radius 2 is 1.68 bits per heavy atom. The molecule has 1 aliphatic heterocycles. The molecule has 1 fully saturated rings. The number of ether oxygens (including phenoxy) is 1. The maximum Gasteiger partial charge on any atom is 0.300 e. The summed E-state index contributed by atoms with van der Waals surface area (Å²) in [5.41, 5.74) is 2.45. The molecule has 1 heterocycles. The first kappa shape index (κ1) is 23.8. The number of hydrogen-bond acceptors (Lipinski definition) is 4. The Morgan fingerprint density at radius 1 is 0.971 bits per heavy atom. The molecule has 1 atom stereocenters. The number of amides is 1. The van der Waals surface area contributed by atoms with Crippen molar-refractivity contribution in [2.75, 3.05) is 12.0 Å². The summed E-state index contributed by atoms with van der Waals surface area (Å²) in [4.78, 5) is 28.1. The van der Waals surface area contributed by atoms with Gasteiger partial charge < -0.3 is 9.84 Å². The number of methoxy groups -OCH3 is 1. The molecule has 0 aliphatic carbocycles. The van der Waals surface area contributed by atoms with Crippen LogP contribution in [0.4, 0.5) is 5.69 Å². The van der Waals surface area contributed by atoms with E-state index in [4.69, 9.17) is 4.74 Å². The standard InChI is InChI=1S/C28H26BrNO4/c1-28(2,3)18-13-14-22(34-4)21(15-18)25(31)23-24(17-9-6-5-7-10-17)30(27(33)26(23)32)20-12-8-11-19(29)16-20/h5-16,24,31H,1-4H3/b25-23+. The Bertz CT molecular complexity index is 1290. The van der Waals surface area contributed by atoms with E-state index < -0.39 is 17.7 Å². The lowest BCUT2D eigenvalue weighted by Gasteiger charge is -2.26. The van der Waals surface area contributed by atoms with Crippen LogP contribution < -0.4 is 9.64 Å². The number of benzene rings is 3. The van der Waals surface area contributed by atoms with Crippen LogP contribution in [-0.4, -0.2) is 23.9 Å². The third kappa shape index (κ3) is 4.26. The van der Waals surface area contributed by atoms with Gasteiger partial charge in [0, 0.05) is 10.2 Å². The molecule has 3 aromatic carbocycles. The van der Waals surface area contributed by atoms with Crippen molar-refractivity contribution in [1.82, 2.24) is 0 Å². The molecule has 5 nitrogen and oxygen atoms in total. The predicted molar refractivity (Wildman–Crippen MR) is 137 cm³/mol. The molecule has 1 saturated heterocycles. The van der Waals surface area contributed by atoms with Crippen molar-refractivity contribution in [3.63, 3.8) is 0 Å². The molecule has 0 radical (unpaired) electrons. The van der Waals surface area contributed by atoms with Gasteiger partial charge in [0.25, 0.3) is 11.7 Å². The van der Waals surface area contributed by atoms with E-state index >= 15 is 0 Å². The van der Waals surface area contributed by atoms with E-state index in [9.17, 15) is 14.7 Å². The van der Waals surface area contributed by atoms with E-state index in [0.717, 1.165) is 10.0 Å². The van der Waals surface area contributed by atoms with Crippen molar-refractivity contribution in [3.8, 4) is 5.75 Å². The lowest BCUT2D eigenvalue weighted by molar-refractivity contribution is -0.132. The molecule has 1 amide bonds. The second-order valence-electron chi connectivity index (χ2n) is 9.22. The number of aliphatic hydroxyl groups excluding tert-OH is 1. The van der Waals surface area contributed by atoms with E-state index in [-0.39, 0.29) is 16.7 Å². The maximum absolute atomic E-state index is 13.4. The van der Waals surface area contributed by atoms with Gasteiger partial charge in [0.2, 0.25) is 0 Å². The highest BCUT2D eigenvalue weighted by atomic mass is 79.9. The van der Waals surface area contributed by atoms with Gasteiger partial charge in [-0.05, 0) is 46.9 Å². The van der Waals surface area contributed by atoms with Crippen molar-refractivity contribution in [1.29, 1.82) is 0 Å². The number of ketones is 1. The van der Waals surface area contributed by atoms with E-state index in [2.05, 4.69) is 36.7 Å². The number of carbonyl (C=O) groups is 2. The highest BCUT2D eigenvalue weighted by molar-refractivity contribution is 9.10. The van der Waals surface area contributed by atoms with Crippen LogP contribution in [0, 0.1) is 0 Å². The maximum atomic E-state index is 13.4. The molecular weight excluding hydrogens is 494 g/mol. The third-order valence-corrected chi connectivity index (χ3v) is 6.46. The molecule has 1 unspecified atom stereocenters. The van der Waals surface area contributed by atoms with Crippen LogP contribution in [0.25, 0.3) is 5.76 Å². The summed E-state index contributed by atoms with van der Waals surface area (Å²) in [6.45, 7) is 6.19. The van der Waals surface area contributed by atoms with Crippen molar-refractivity contribution in [2.45, 2.75) is 32.2 Å². The smallest absolute Gasteiger partial charge is 0.300 e. The van der Waals surface area contributed by atoms with Crippen molar-refractivity contribution < 1.29 is 19.4 Å². The van der Waals surface area contributed by atoms with Gasteiger partial charge in [-0.25, -0.2) is 0 Å². The Morgan fingerprint density at radius 3 is 2.29 bits per heavy atom. The number of Topliss-reactive ketones (excluding diaryl/α,β-unsaturated/α-hetero) is 1. The number of aliphatic hydroxyl groups is 1. The fraction of sp³-hybridized carbons (Fsp3) is 0.214. The number of rotatable bonds is 4. The lowest BCUT2D eigenvalue weighted by atomic mass is 9.85. The largest absolute Gasteiger partial charge is 0.507 e. The Balaban J connectivity index is 1.99. The fourth-order valence-corrected chi connectivity index (χ4v) is 4.57. The van der Waals surface area contributed by atoms with Crippen LogP contribution in [0.1, 0.15) is 43.5 Å². The molecule has 0 spiro atoms. The molecule has 34 heavy (non-hydrogen) atoms. The summed E-state index contributed by atoms with van der Waals surface area (Å²) in [5.74, 6) is -1.27. The van der Waals surface area contributed by atoms with E-state index in [1.807, 2.05) is 48.5 Å². The normalized spacial score (nSPS) is 17.8. The monoisotopic (exact) mass is 519 g/mol. The second-order valence-corrected chi connectivity index (χ2v) is 10.1. The van der Waals surface area contributed by atoms with Gasteiger partial charge in [-0.1, -0.05) is 79.2 Å². The Hall–Kier alpha value is -3.38. The van der Waals surface area contributed by atoms with E-state index in [1.165, 1.54) is 12.0 Å². The van der Waals surface area contributed by atoms with E-state index in [0.29, 0.717) is 22.6 Å². The van der Waals surface area contributed by atoms with Crippen molar-refractivity contribution in [2.24, 2.45) is 0 Å². The molecule has 0 bridgehead atoms. The number of hydrogen-bond donors (Lipinski definition) is 1. The quantitative estimate of drug-likeness (QED) is 0.246. The third-order valence-electron chi connectivity index (χ3n) is 5.97. The summed E-state index contributed by atoms with van der Waals surface area (Å²) < 4.78 is 6.29. The molecule has 3 aromatic rings. The summed E-state index contributed by atoms with van der Waals surface area (Å²) in [6, 6.07) is 21.2. The SMILES string of the molecule is COc1ccc(C(C)(C)C)cc1/C(O)=C1\C(=O)C(=O)N(c2cccc(Br)c2)C1c1ccccc1. The number of halogens is 1. The zero-order valence-corrected chi connectivity index (χ0v) is 21.1. The van der Waals surface area contributed by atoms with Crippen molar-refractivity contribution in [3.05, 3.63) is 99.5 Å². The molecule has 4 rings (SSSR count). The first-order valence-electron chi connectivity index (χ1n) is 10.9. The molecule has 1 aliphatic rings. The van der Waals surface area contributed by atoms with Crippen LogP contribution in [0.2, 0.25) is 0 Å². The summed E-state index contributed by atoms with van der Waals surface area (Å²) in [5, 5.41) is 11.6. The van der Waals surface area contributed by atoms with Gasteiger partial charge in [-0.3, -0.25) is 14.5 Å². The molecular formula is C28H26BrNO4. The average Bonchev–Trinajstić information content (AvgIpc) is 3.08. The highest BCUT2D eigenvalue weighted by Gasteiger charge is 2.47. The minimum Gasteiger partial charge on any atom is -0.507 e. The van der Waals surface area contributed by atoms with Gasteiger partial charge in [0.1, 0.15) is 11.5 Å². The lowest BCUT2D eigenvalue weighted by Crippen LogP contribution is -2.29. The minimum atomic E-state index is -0.793. The zero-order valence-electron chi connectivity index (χ0n) is 19.5. The van der Waals surface area contributed by atoms with Gasteiger partial charge in [-0.2, -0.15) is 0 Å². The topological polar surface area (TPSA) is 66.8 Å². The summed E-state index contributed by atoms with van der Waals surface area (Å²) in [6.07, 6.45) is 0. The predicted octanol–water partition coefficient (Wildman–Crippen LogP) is 6.38. The van der Waals surface area contributed by atoms with E-state index in [1.54, 1.807) is 24.3 Å². The van der Waals surface area contributed by atoms with Crippen LogP contribution in [0.15, 0.2) is 82.8 Å². The molecule has 0 saturated carbocycles. The Kier molecular flexibility index (Phi) is 6.36. The molecule has 0 aromatic heterocycles. The molecule has 6 heteroatoms.